The summed E-state index contributed by atoms with van der Waals surface area (Å²) in [5.41, 5.74) is 2.04. The molecule has 0 spiro atoms. The standard InChI is InChI=1S/C13H18N2O4S/c1-9-8-11(4-5-12(9)14-10(2)16)15-13(17)6-7-20(3,18)19/h4-5,8H,6-7H2,1-3H3,(H,14,16)(H,15,17). The first-order valence-electron chi connectivity index (χ1n) is 6.03. The van der Waals surface area contributed by atoms with E-state index in [1.807, 2.05) is 0 Å². The molecule has 0 saturated heterocycles. The topological polar surface area (TPSA) is 92.3 Å². The molecule has 0 unspecified atom stereocenters. The molecule has 1 rings (SSSR count). The van der Waals surface area contributed by atoms with Gasteiger partial charge < -0.3 is 10.6 Å². The summed E-state index contributed by atoms with van der Waals surface area (Å²) >= 11 is 0. The van der Waals surface area contributed by atoms with Crippen LogP contribution in [0.25, 0.3) is 0 Å². The third-order valence-corrected chi connectivity index (χ3v) is 3.47. The summed E-state index contributed by atoms with van der Waals surface area (Å²) < 4.78 is 21.9. The highest BCUT2D eigenvalue weighted by atomic mass is 32.2. The van der Waals surface area contributed by atoms with Gasteiger partial charge in [0.2, 0.25) is 11.8 Å². The van der Waals surface area contributed by atoms with Crippen LogP contribution < -0.4 is 10.6 Å². The van der Waals surface area contributed by atoms with E-state index in [0.29, 0.717) is 11.4 Å². The van der Waals surface area contributed by atoms with Crippen molar-refractivity contribution < 1.29 is 18.0 Å². The Labute approximate surface area is 118 Å². The third kappa shape index (κ3) is 5.83. The summed E-state index contributed by atoms with van der Waals surface area (Å²) in [6.07, 6.45) is 1.01. The molecule has 1 aromatic rings. The first-order chi connectivity index (χ1) is 9.17. The fourth-order valence-electron chi connectivity index (χ4n) is 1.57. The van der Waals surface area contributed by atoms with E-state index in [0.717, 1.165) is 11.8 Å². The lowest BCUT2D eigenvalue weighted by Crippen LogP contribution is -2.16. The highest BCUT2D eigenvalue weighted by Gasteiger charge is 2.09. The van der Waals surface area contributed by atoms with Crippen LogP contribution in [0.2, 0.25) is 0 Å². The second-order valence-corrected chi connectivity index (χ2v) is 6.90. The van der Waals surface area contributed by atoms with E-state index >= 15 is 0 Å². The van der Waals surface area contributed by atoms with Gasteiger partial charge in [0.15, 0.2) is 0 Å². The zero-order valence-electron chi connectivity index (χ0n) is 11.7. The van der Waals surface area contributed by atoms with E-state index in [1.165, 1.54) is 6.92 Å². The number of anilines is 2. The molecule has 0 bridgehead atoms. The maximum Gasteiger partial charge on any atom is 0.225 e. The van der Waals surface area contributed by atoms with Crippen LogP contribution in [-0.2, 0) is 19.4 Å². The lowest BCUT2D eigenvalue weighted by molar-refractivity contribution is -0.116. The monoisotopic (exact) mass is 298 g/mol. The van der Waals surface area contributed by atoms with E-state index in [1.54, 1.807) is 25.1 Å². The lowest BCUT2D eigenvalue weighted by Gasteiger charge is -2.10. The number of benzene rings is 1. The molecule has 6 nitrogen and oxygen atoms in total. The number of sulfone groups is 1. The Hall–Kier alpha value is -1.89. The molecule has 2 N–H and O–H groups in total. The fraction of sp³-hybridized carbons (Fsp3) is 0.385. The minimum absolute atomic E-state index is 0.0780. The fourth-order valence-corrected chi connectivity index (χ4v) is 2.13. The van der Waals surface area contributed by atoms with Crippen LogP contribution in [0.1, 0.15) is 18.9 Å². The Kier molecular flexibility index (Phi) is 5.26. The van der Waals surface area contributed by atoms with Gasteiger partial charge >= 0.3 is 0 Å². The molecule has 2 amide bonds. The quantitative estimate of drug-likeness (QED) is 0.857. The van der Waals surface area contributed by atoms with Gasteiger partial charge in [-0.1, -0.05) is 0 Å². The molecule has 0 heterocycles. The SMILES string of the molecule is CC(=O)Nc1ccc(NC(=O)CCS(C)(=O)=O)cc1C. The Morgan fingerprint density at radius 3 is 2.35 bits per heavy atom. The number of rotatable bonds is 5. The normalized spacial score (nSPS) is 10.9. The van der Waals surface area contributed by atoms with Crippen molar-refractivity contribution in [2.45, 2.75) is 20.3 Å². The van der Waals surface area contributed by atoms with Gasteiger partial charge in [-0.15, -0.1) is 0 Å². The molecule has 20 heavy (non-hydrogen) atoms. The Morgan fingerprint density at radius 1 is 1.20 bits per heavy atom. The van der Waals surface area contributed by atoms with Gasteiger partial charge in [0, 0.05) is 31.0 Å². The summed E-state index contributed by atoms with van der Waals surface area (Å²) in [5, 5.41) is 5.29. The van der Waals surface area contributed by atoms with Crippen LogP contribution in [-0.4, -0.2) is 32.2 Å². The van der Waals surface area contributed by atoms with E-state index in [4.69, 9.17) is 0 Å². The van der Waals surface area contributed by atoms with Crippen LogP contribution >= 0.6 is 0 Å². The van der Waals surface area contributed by atoms with Crippen LogP contribution in [0.3, 0.4) is 0 Å². The van der Waals surface area contributed by atoms with Gasteiger partial charge in [-0.25, -0.2) is 8.42 Å². The largest absolute Gasteiger partial charge is 0.326 e. The molecule has 0 atom stereocenters. The van der Waals surface area contributed by atoms with Gasteiger partial charge in [-0.3, -0.25) is 9.59 Å². The van der Waals surface area contributed by atoms with Gasteiger partial charge in [0.1, 0.15) is 9.84 Å². The van der Waals surface area contributed by atoms with Crippen molar-refractivity contribution in [1.29, 1.82) is 0 Å². The average molecular weight is 298 g/mol. The van der Waals surface area contributed by atoms with Crippen molar-refractivity contribution >= 4 is 33.0 Å². The molecule has 110 valence electrons. The molecule has 0 aliphatic carbocycles. The van der Waals surface area contributed by atoms with Crippen LogP contribution in [0.5, 0.6) is 0 Å². The van der Waals surface area contributed by atoms with Gasteiger partial charge in [-0.05, 0) is 30.7 Å². The molecule has 0 saturated carbocycles. The Bertz CT molecular complexity index is 623. The summed E-state index contributed by atoms with van der Waals surface area (Å²) in [6, 6.07) is 5.04. The van der Waals surface area contributed by atoms with E-state index in [9.17, 15) is 18.0 Å². The van der Waals surface area contributed by atoms with Gasteiger partial charge in [0.25, 0.3) is 0 Å². The van der Waals surface area contributed by atoms with Crippen LogP contribution in [0.15, 0.2) is 18.2 Å². The predicted octanol–water partition coefficient (Wildman–Crippen LogP) is 1.33. The van der Waals surface area contributed by atoms with Gasteiger partial charge in [0.05, 0.1) is 5.75 Å². The minimum atomic E-state index is -3.15. The summed E-state index contributed by atoms with van der Waals surface area (Å²) in [5.74, 6) is -0.706. The highest BCUT2D eigenvalue weighted by molar-refractivity contribution is 7.90. The molecular weight excluding hydrogens is 280 g/mol. The zero-order valence-corrected chi connectivity index (χ0v) is 12.5. The highest BCUT2D eigenvalue weighted by Crippen LogP contribution is 2.19. The Balaban J connectivity index is 2.67. The van der Waals surface area contributed by atoms with Gasteiger partial charge in [-0.2, -0.15) is 0 Å². The molecule has 0 radical (unpaired) electrons. The van der Waals surface area contributed by atoms with Crippen LogP contribution in [0, 0.1) is 6.92 Å². The first kappa shape index (κ1) is 16.2. The molecule has 0 aliphatic heterocycles. The summed E-state index contributed by atoms with van der Waals surface area (Å²) in [4.78, 5) is 22.6. The predicted molar refractivity (Wildman–Crippen MR) is 78.4 cm³/mol. The van der Waals surface area contributed by atoms with E-state index in [-0.39, 0.29) is 24.0 Å². The first-order valence-corrected chi connectivity index (χ1v) is 8.09. The lowest BCUT2D eigenvalue weighted by atomic mass is 10.1. The van der Waals surface area contributed by atoms with Crippen molar-refractivity contribution in [2.24, 2.45) is 0 Å². The Morgan fingerprint density at radius 2 is 1.85 bits per heavy atom. The average Bonchev–Trinajstić information content (AvgIpc) is 2.29. The number of amides is 2. The number of carbonyl (C=O) groups excluding carboxylic acids is 2. The van der Waals surface area contributed by atoms with E-state index in [2.05, 4.69) is 10.6 Å². The maximum absolute atomic E-state index is 11.6. The molecule has 7 heteroatoms. The van der Waals surface area contributed by atoms with Crippen molar-refractivity contribution in [2.75, 3.05) is 22.6 Å². The molecule has 0 aromatic heterocycles. The van der Waals surface area contributed by atoms with E-state index < -0.39 is 9.84 Å². The number of nitrogens with one attached hydrogen (secondary N) is 2. The number of aryl methyl sites for hydroxylation is 1. The summed E-state index contributed by atoms with van der Waals surface area (Å²) in [6.45, 7) is 3.22. The zero-order chi connectivity index (χ0) is 15.3. The second kappa shape index (κ2) is 6.51. The number of hydrogen-bond donors (Lipinski definition) is 2. The smallest absolute Gasteiger partial charge is 0.225 e. The maximum atomic E-state index is 11.6. The van der Waals surface area contributed by atoms with Crippen molar-refractivity contribution in [1.82, 2.24) is 0 Å². The van der Waals surface area contributed by atoms with Crippen molar-refractivity contribution in [3.63, 3.8) is 0 Å². The second-order valence-electron chi connectivity index (χ2n) is 4.64. The molecular formula is C13H18N2O4S. The van der Waals surface area contributed by atoms with Crippen molar-refractivity contribution in [3.8, 4) is 0 Å². The minimum Gasteiger partial charge on any atom is -0.326 e. The van der Waals surface area contributed by atoms with Crippen molar-refractivity contribution in [3.05, 3.63) is 23.8 Å². The third-order valence-electron chi connectivity index (χ3n) is 2.52. The summed E-state index contributed by atoms with van der Waals surface area (Å²) in [7, 11) is -3.15. The molecule has 0 fully saturated rings. The molecule has 0 aliphatic rings. The van der Waals surface area contributed by atoms with Crippen LogP contribution in [0.4, 0.5) is 11.4 Å². The number of hydrogen-bond acceptors (Lipinski definition) is 4. The molecule has 1 aromatic carbocycles. The number of carbonyl (C=O) groups is 2.